The van der Waals surface area contributed by atoms with Gasteiger partial charge >= 0.3 is 0 Å². The van der Waals surface area contributed by atoms with Crippen molar-refractivity contribution in [3.8, 4) is 11.5 Å². The summed E-state index contributed by atoms with van der Waals surface area (Å²) < 4.78 is 5.93. The molecule has 1 heterocycles. The van der Waals surface area contributed by atoms with Crippen LogP contribution in [-0.2, 0) is 4.79 Å². The average molecular weight is 386 g/mol. The highest BCUT2D eigenvalue weighted by molar-refractivity contribution is 6.09. The van der Waals surface area contributed by atoms with E-state index in [0.717, 1.165) is 11.1 Å². The van der Waals surface area contributed by atoms with E-state index in [-0.39, 0.29) is 17.7 Å². The molecule has 0 fully saturated rings. The van der Waals surface area contributed by atoms with Crippen molar-refractivity contribution in [1.29, 1.82) is 0 Å². The van der Waals surface area contributed by atoms with E-state index >= 15 is 0 Å². The van der Waals surface area contributed by atoms with E-state index in [4.69, 9.17) is 4.74 Å². The van der Waals surface area contributed by atoms with Gasteiger partial charge in [0.05, 0.1) is 17.2 Å². The van der Waals surface area contributed by atoms with Crippen molar-refractivity contribution < 1.29 is 14.3 Å². The van der Waals surface area contributed by atoms with Gasteiger partial charge in [-0.3, -0.25) is 9.59 Å². The first kappa shape index (κ1) is 18.7. The van der Waals surface area contributed by atoms with Crippen molar-refractivity contribution in [2.75, 3.05) is 10.6 Å². The number of anilines is 2. The molecule has 29 heavy (non-hydrogen) atoms. The number of carbonyl (C=O) groups is 2. The maximum atomic E-state index is 12.8. The smallest absolute Gasteiger partial charge is 0.259 e. The molecule has 1 atom stereocenters. The van der Waals surface area contributed by atoms with E-state index in [9.17, 15) is 9.59 Å². The molecule has 0 aliphatic carbocycles. The average Bonchev–Trinajstić information content (AvgIpc) is 2.85. The van der Waals surface area contributed by atoms with Gasteiger partial charge in [0.15, 0.2) is 5.75 Å². The van der Waals surface area contributed by atoms with Crippen molar-refractivity contribution in [2.24, 2.45) is 0 Å². The number of aryl methyl sites for hydroxylation is 1. The van der Waals surface area contributed by atoms with Crippen molar-refractivity contribution >= 4 is 23.2 Å². The van der Waals surface area contributed by atoms with E-state index in [0.29, 0.717) is 34.9 Å². The number of rotatable bonds is 4. The minimum Gasteiger partial charge on any atom is -0.454 e. The Morgan fingerprint density at radius 1 is 1.03 bits per heavy atom. The van der Waals surface area contributed by atoms with Crippen molar-refractivity contribution in [1.82, 2.24) is 0 Å². The molecule has 146 valence electrons. The third-order valence-electron chi connectivity index (χ3n) is 5.02. The molecule has 0 aromatic heterocycles. The second-order valence-electron chi connectivity index (χ2n) is 7.13. The number of fused-ring (bicyclic) bond motifs is 2. The minimum atomic E-state index is -0.268. The maximum absolute atomic E-state index is 12.8. The second-order valence-corrected chi connectivity index (χ2v) is 7.13. The summed E-state index contributed by atoms with van der Waals surface area (Å²) >= 11 is 0. The molecule has 0 saturated heterocycles. The molecule has 5 heteroatoms. The Morgan fingerprint density at radius 2 is 1.79 bits per heavy atom. The summed E-state index contributed by atoms with van der Waals surface area (Å²) in [5, 5.41) is 5.82. The molecule has 4 rings (SSSR count). The van der Waals surface area contributed by atoms with Gasteiger partial charge in [0.2, 0.25) is 5.91 Å². The molecule has 1 aliphatic rings. The molecule has 3 aromatic rings. The monoisotopic (exact) mass is 386 g/mol. The Morgan fingerprint density at radius 3 is 2.55 bits per heavy atom. The Hall–Kier alpha value is -3.60. The highest BCUT2D eigenvalue weighted by Gasteiger charge is 2.23. The standard InChI is InChI=1S/C24H22N2O3/c1-3-18(16-7-5-4-6-8-16)23(27)25-17-10-12-21-19(14-17)24(28)26-20-13-15(2)9-11-22(20)29-21/h4-14,18H,3H2,1-2H3,(H,25,27)(H,26,28). The first-order valence-corrected chi connectivity index (χ1v) is 9.65. The SMILES string of the molecule is CCC(C(=O)Nc1ccc2c(c1)C(=O)Nc1cc(C)ccc1O2)c1ccccc1. The van der Waals surface area contributed by atoms with Crippen LogP contribution in [0.15, 0.2) is 66.7 Å². The molecule has 0 radical (unpaired) electrons. The molecule has 0 spiro atoms. The summed E-state index contributed by atoms with van der Waals surface area (Å²) in [6.45, 7) is 3.93. The summed E-state index contributed by atoms with van der Waals surface area (Å²) in [6.07, 6.45) is 0.680. The van der Waals surface area contributed by atoms with Gasteiger partial charge in [-0.05, 0) is 54.8 Å². The normalized spacial score (nSPS) is 13.2. The van der Waals surface area contributed by atoms with Gasteiger partial charge in [-0.15, -0.1) is 0 Å². The molecule has 5 nitrogen and oxygen atoms in total. The van der Waals surface area contributed by atoms with Crippen LogP contribution < -0.4 is 15.4 Å². The Kier molecular flexibility index (Phi) is 5.04. The third-order valence-corrected chi connectivity index (χ3v) is 5.02. The van der Waals surface area contributed by atoms with Gasteiger partial charge in [-0.25, -0.2) is 0 Å². The highest BCUT2D eigenvalue weighted by atomic mass is 16.5. The lowest BCUT2D eigenvalue weighted by molar-refractivity contribution is -0.117. The maximum Gasteiger partial charge on any atom is 0.259 e. The van der Waals surface area contributed by atoms with Crippen LogP contribution in [-0.4, -0.2) is 11.8 Å². The summed E-state index contributed by atoms with van der Waals surface area (Å²) in [7, 11) is 0. The summed E-state index contributed by atoms with van der Waals surface area (Å²) in [5.41, 5.74) is 3.56. The van der Waals surface area contributed by atoms with Gasteiger partial charge < -0.3 is 15.4 Å². The molecule has 1 aliphatic heterocycles. The largest absolute Gasteiger partial charge is 0.454 e. The molecular formula is C24H22N2O3. The van der Waals surface area contributed by atoms with Crippen LogP contribution in [0.2, 0.25) is 0 Å². The number of hydrogen-bond acceptors (Lipinski definition) is 3. The molecular weight excluding hydrogens is 364 g/mol. The molecule has 0 saturated carbocycles. The quantitative estimate of drug-likeness (QED) is 0.623. The molecule has 3 aromatic carbocycles. The predicted octanol–water partition coefficient (Wildman–Crippen LogP) is 5.49. The molecule has 0 bridgehead atoms. The topological polar surface area (TPSA) is 67.4 Å². The fraction of sp³-hybridized carbons (Fsp3) is 0.167. The van der Waals surface area contributed by atoms with E-state index < -0.39 is 0 Å². The molecule has 1 unspecified atom stereocenters. The fourth-order valence-corrected chi connectivity index (χ4v) is 3.50. The lowest BCUT2D eigenvalue weighted by Gasteiger charge is -2.16. The van der Waals surface area contributed by atoms with Gasteiger partial charge in [0.25, 0.3) is 5.91 Å². The zero-order chi connectivity index (χ0) is 20.4. The number of ether oxygens (including phenoxy) is 1. The Balaban J connectivity index is 1.59. The summed E-state index contributed by atoms with van der Waals surface area (Å²) in [4.78, 5) is 25.6. The van der Waals surface area contributed by atoms with Crippen LogP contribution in [0.25, 0.3) is 0 Å². The van der Waals surface area contributed by atoms with Gasteiger partial charge in [0, 0.05) is 5.69 Å². The zero-order valence-corrected chi connectivity index (χ0v) is 16.4. The van der Waals surface area contributed by atoms with Crippen LogP contribution in [0.1, 0.15) is 40.7 Å². The van der Waals surface area contributed by atoms with Crippen LogP contribution in [0.3, 0.4) is 0 Å². The fourth-order valence-electron chi connectivity index (χ4n) is 3.50. The van der Waals surface area contributed by atoms with Gasteiger partial charge in [-0.2, -0.15) is 0 Å². The minimum absolute atomic E-state index is 0.104. The van der Waals surface area contributed by atoms with Crippen molar-refractivity contribution in [3.63, 3.8) is 0 Å². The zero-order valence-electron chi connectivity index (χ0n) is 16.4. The van der Waals surface area contributed by atoms with Crippen LogP contribution in [0.4, 0.5) is 11.4 Å². The van der Waals surface area contributed by atoms with E-state index in [2.05, 4.69) is 10.6 Å². The van der Waals surface area contributed by atoms with E-state index in [1.807, 2.05) is 62.4 Å². The van der Waals surface area contributed by atoms with Crippen LogP contribution in [0, 0.1) is 6.92 Å². The first-order valence-electron chi connectivity index (χ1n) is 9.65. The first-order chi connectivity index (χ1) is 14.0. The van der Waals surface area contributed by atoms with Gasteiger partial charge in [0.1, 0.15) is 5.75 Å². The predicted molar refractivity (Wildman–Crippen MR) is 114 cm³/mol. The van der Waals surface area contributed by atoms with Crippen LogP contribution in [0.5, 0.6) is 11.5 Å². The number of carbonyl (C=O) groups excluding carboxylic acids is 2. The third kappa shape index (κ3) is 3.85. The Bertz CT molecular complexity index is 1080. The molecule has 2 N–H and O–H groups in total. The van der Waals surface area contributed by atoms with E-state index in [1.54, 1.807) is 18.2 Å². The van der Waals surface area contributed by atoms with Crippen molar-refractivity contribution in [3.05, 3.63) is 83.4 Å². The second kappa shape index (κ2) is 7.80. The van der Waals surface area contributed by atoms with Crippen LogP contribution >= 0.6 is 0 Å². The highest BCUT2D eigenvalue weighted by Crippen LogP contribution is 2.37. The number of hydrogen-bond donors (Lipinski definition) is 2. The number of amides is 2. The lowest BCUT2D eigenvalue weighted by atomic mass is 9.95. The Labute approximate surface area is 169 Å². The number of nitrogens with one attached hydrogen (secondary N) is 2. The van der Waals surface area contributed by atoms with E-state index in [1.165, 1.54) is 0 Å². The van der Waals surface area contributed by atoms with Crippen molar-refractivity contribution in [2.45, 2.75) is 26.2 Å². The lowest BCUT2D eigenvalue weighted by Crippen LogP contribution is -2.21. The molecule has 2 amide bonds. The summed E-state index contributed by atoms with van der Waals surface area (Å²) in [6, 6.07) is 20.4. The van der Waals surface area contributed by atoms with Gasteiger partial charge in [-0.1, -0.05) is 43.3 Å². The summed E-state index contributed by atoms with van der Waals surface area (Å²) in [5.74, 6) is 0.420. The number of benzene rings is 3.